The van der Waals surface area contributed by atoms with Crippen LogP contribution in [0.15, 0.2) is 71.5 Å². The molecule has 0 radical (unpaired) electrons. The molecule has 0 atom stereocenters. The van der Waals surface area contributed by atoms with Crippen molar-refractivity contribution in [2.24, 2.45) is 0 Å². The van der Waals surface area contributed by atoms with Crippen molar-refractivity contribution in [1.82, 2.24) is 9.55 Å². The van der Waals surface area contributed by atoms with E-state index in [-0.39, 0.29) is 23.1 Å². The fourth-order valence-electron chi connectivity index (χ4n) is 3.05. The fraction of sp³-hybridized carbons (Fsp3) is 0.0909. The Morgan fingerprint density at radius 1 is 1.00 bits per heavy atom. The van der Waals surface area contributed by atoms with Gasteiger partial charge in [0.15, 0.2) is 5.78 Å². The van der Waals surface area contributed by atoms with Crippen LogP contribution in [0.1, 0.15) is 21.6 Å². The summed E-state index contributed by atoms with van der Waals surface area (Å²) in [4.78, 5) is 41.4. The number of ketones is 1. The molecular weight excluding hydrogens is 386 g/mol. The third-order valence-electron chi connectivity index (χ3n) is 4.42. The first kappa shape index (κ1) is 18.8. The molecule has 0 unspecified atom stereocenters. The van der Waals surface area contributed by atoms with E-state index in [0.717, 1.165) is 17.0 Å². The first-order valence-corrected chi connectivity index (χ1v) is 9.79. The second-order valence-corrected chi connectivity index (χ2v) is 7.54. The minimum absolute atomic E-state index is 0.108. The van der Waals surface area contributed by atoms with E-state index in [2.05, 4.69) is 10.3 Å². The van der Waals surface area contributed by atoms with Crippen LogP contribution in [0.5, 0.6) is 0 Å². The summed E-state index contributed by atoms with van der Waals surface area (Å²) in [5.74, 6) is -0.00386. The Balaban J connectivity index is 1.59. The smallest absolute Gasteiger partial charge is 0.308 e. The van der Waals surface area contributed by atoms with Gasteiger partial charge in [0, 0.05) is 16.8 Å². The van der Waals surface area contributed by atoms with E-state index in [4.69, 9.17) is 0 Å². The Morgan fingerprint density at radius 3 is 2.55 bits per heavy atom. The first-order valence-electron chi connectivity index (χ1n) is 8.98. The number of hydrogen-bond donors (Lipinski definition) is 1. The van der Waals surface area contributed by atoms with Gasteiger partial charge in [-0.1, -0.05) is 47.7 Å². The SMILES string of the molecule is Cc1cccc(NC(=O)Cn2c(=O)sc3cc(C(=O)c4ccccc4)ccc32)n1. The maximum atomic E-state index is 12.6. The lowest BCUT2D eigenvalue weighted by molar-refractivity contribution is -0.116. The quantitative estimate of drug-likeness (QED) is 0.516. The molecule has 0 aliphatic rings. The zero-order valence-corrected chi connectivity index (χ0v) is 16.4. The number of pyridine rings is 1. The zero-order chi connectivity index (χ0) is 20.4. The van der Waals surface area contributed by atoms with E-state index in [0.29, 0.717) is 27.2 Å². The molecule has 1 N–H and O–H groups in total. The molecule has 2 aromatic carbocycles. The van der Waals surface area contributed by atoms with Crippen molar-refractivity contribution >= 4 is 39.1 Å². The number of benzene rings is 2. The largest absolute Gasteiger partial charge is 0.309 e. The molecule has 0 saturated carbocycles. The predicted octanol–water partition coefficient (Wildman–Crippen LogP) is 3.64. The summed E-state index contributed by atoms with van der Waals surface area (Å²) in [5, 5.41) is 2.70. The van der Waals surface area contributed by atoms with Gasteiger partial charge in [0.2, 0.25) is 5.91 Å². The van der Waals surface area contributed by atoms with Crippen LogP contribution >= 0.6 is 11.3 Å². The Kier molecular flexibility index (Phi) is 5.05. The van der Waals surface area contributed by atoms with Gasteiger partial charge >= 0.3 is 4.87 Å². The molecule has 0 aliphatic carbocycles. The first-order chi connectivity index (χ1) is 14.0. The van der Waals surface area contributed by atoms with E-state index >= 15 is 0 Å². The molecule has 4 aromatic rings. The molecule has 0 bridgehead atoms. The number of amides is 1. The topological polar surface area (TPSA) is 81.1 Å². The lowest BCUT2D eigenvalue weighted by Gasteiger charge is -2.07. The van der Waals surface area contributed by atoms with Crippen LogP contribution in [0, 0.1) is 6.92 Å². The average Bonchev–Trinajstić information content (AvgIpc) is 3.02. The lowest BCUT2D eigenvalue weighted by atomic mass is 10.0. The van der Waals surface area contributed by atoms with Crippen molar-refractivity contribution in [3.63, 3.8) is 0 Å². The lowest BCUT2D eigenvalue weighted by Crippen LogP contribution is -2.24. The van der Waals surface area contributed by atoms with Gasteiger partial charge in [-0.05, 0) is 37.3 Å². The van der Waals surface area contributed by atoms with E-state index in [1.165, 1.54) is 4.57 Å². The van der Waals surface area contributed by atoms with Crippen molar-refractivity contribution in [3.05, 3.63) is 93.2 Å². The summed E-state index contributed by atoms with van der Waals surface area (Å²) in [7, 11) is 0. The highest BCUT2D eigenvalue weighted by Gasteiger charge is 2.15. The van der Waals surface area contributed by atoms with E-state index in [1.807, 2.05) is 31.2 Å². The monoisotopic (exact) mass is 403 g/mol. The number of thiazole rings is 1. The summed E-state index contributed by atoms with van der Waals surface area (Å²) in [6.07, 6.45) is 0. The highest BCUT2D eigenvalue weighted by molar-refractivity contribution is 7.16. The molecule has 7 heteroatoms. The van der Waals surface area contributed by atoms with Crippen molar-refractivity contribution in [2.45, 2.75) is 13.5 Å². The molecule has 4 rings (SSSR count). The van der Waals surface area contributed by atoms with Crippen molar-refractivity contribution < 1.29 is 9.59 Å². The molecule has 2 aromatic heterocycles. The Bertz CT molecular complexity index is 1280. The molecule has 0 spiro atoms. The normalized spacial score (nSPS) is 10.8. The van der Waals surface area contributed by atoms with Gasteiger partial charge in [-0.15, -0.1) is 0 Å². The number of aromatic nitrogens is 2. The van der Waals surface area contributed by atoms with Gasteiger partial charge in [-0.2, -0.15) is 0 Å². The molecular formula is C22H17N3O3S. The highest BCUT2D eigenvalue weighted by atomic mass is 32.1. The van der Waals surface area contributed by atoms with Gasteiger partial charge in [-0.3, -0.25) is 19.0 Å². The number of nitrogens with one attached hydrogen (secondary N) is 1. The molecule has 0 aliphatic heterocycles. The van der Waals surface area contributed by atoms with Crippen LogP contribution in [0.2, 0.25) is 0 Å². The minimum Gasteiger partial charge on any atom is -0.309 e. The summed E-state index contributed by atoms with van der Waals surface area (Å²) in [6.45, 7) is 1.71. The highest BCUT2D eigenvalue weighted by Crippen LogP contribution is 2.21. The van der Waals surface area contributed by atoms with Crippen LogP contribution < -0.4 is 10.2 Å². The summed E-state index contributed by atoms with van der Waals surface area (Å²) in [6, 6.07) is 19.4. The maximum absolute atomic E-state index is 12.6. The second kappa shape index (κ2) is 7.81. The van der Waals surface area contributed by atoms with E-state index in [9.17, 15) is 14.4 Å². The average molecular weight is 403 g/mol. The number of anilines is 1. The van der Waals surface area contributed by atoms with E-state index < -0.39 is 0 Å². The van der Waals surface area contributed by atoms with Crippen LogP contribution in [0.25, 0.3) is 10.2 Å². The van der Waals surface area contributed by atoms with Crippen LogP contribution in [0.4, 0.5) is 5.82 Å². The van der Waals surface area contributed by atoms with Crippen molar-refractivity contribution in [3.8, 4) is 0 Å². The number of carbonyl (C=O) groups excluding carboxylic acids is 2. The van der Waals surface area contributed by atoms with Crippen molar-refractivity contribution in [1.29, 1.82) is 0 Å². The van der Waals surface area contributed by atoms with E-state index in [1.54, 1.807) is 42.5 Å². The molecule has 144 valence electrons. The molecule has 29 heavy (non-hydrogen) atoms. The Hall–Kier alpha value is -3.58. The number of aryl methyl sites for hydroxylation is 1. The number of rotatable bonds is 5. The van der Waals surface area contributed by atoms with Gasteiger partial charge in [0.05, 0.1) is 10.2 Å². The van der Waals surface area contributed by atoms with Gasteiger partial charge in [-0.25, -0.2) is 4.98 Å². The van der Waals surface area contributed by atoms with Gasteiger partial charge in [0.1, 0.15) is 12.4 Å². The standard InChI is InChI=1S/C22H17N3O3S/c1-14-6-5-9-19(23-14)24-20(26)13-25-17-11-10-16(12-18(17)29-22(25)28)21(27)15-7-3-2-4-8-15/h2-12H,13H2,1H3,(H,23,24,26). The summed E-state index contributed by atoms with van der Waals surface area (Å²) < 4.78 is 2.07. The third kappa shape index (κ3) is 4.00. The van der Waals surface area contributed by atoms with Gasteiger partial charge < -0.3 is 5.32 Å². The zero-order valence-electron chi connectivity index (χ0n) is 15.6. The van der Waals surface area contributed by atoms with Crippen LogP contribution in [-0.4, -0.2) is 21.2 Å². The Morgan fingerprint density at radius 2 is 1.79 bits per heavy atom. The number of carbonyl (C=O) groups is 2. The Labute approximate surface area is 170 Å². The molecule has 0 fully saturated rings. The molecule has 0 saturated heterocycles. The summed E-state index contributed by atoms with van der Waals surface area (Å²) in [5.41, 5.74) is 2.50. The maximum Gasteiger partial charge on any atom is 0.308 e. The number of fused-ring (bicyclic) bond motifs is 1. The predicted molar refractivity (Wildman–Crippen MR) is 114 cm³/mol. The van der Waals surface area contributed by atoms with Crippen LogP contribution in [-0.2, 0) is 11.3 Å². The molecule has 6 nitrogen and oxygen atoms in total. The molecule has 2 heterocycles. The number of hydrogen-bond acceptors (Lipinski definition) is 5. The number of nitrogens with zero attached hydrogens (tertiary/aromatic N) is 2. The summed E-state index contributed by atoms with van der Waals surface area (Å²) >= 11 is 1.02. The second-order valence-electron chi connectivity index (χ2n) is 6.54. The fourth-order valence-corrected chi connectivity index (χ4v) is 3.98. The van der Waals surface area contributed by atoms with Crippen molar-refractivity contribution in [2.75, 3.05) is 5.32 Å². The van der Waals surface area contributed by atoms with Crippen LogP contribution in [0.3, 0.4) is 0 Å². The molecule has 1 amide bonds. The third-order valence-corrected chi connectivity index (χ3v) is 5.37. The van der Waals surface area contributed by atoms with Gasteiger partial charge in [0.25, 0.3) is 0 Å². The minimum atomic E-state index is -0.339.